The van der Waals surface area contributed by atoms with E-state index in [4.69, 9.17) is 10.5 Å². The number of rotatable bonds is 5. The SMILES string of the molecule is CCCOc1ccc(C(N)c2cncnc2)cc1. The quantitative estimate of drug-likeness (QED) is 0.875. The second kappa shape index (κ2) is 6.12. The van der Waals surface area contributed by atoms with Crippen molar-refractivity contribution < 1.29 is 4.74 Å². The Bertz CT molecular complexity index is 470. The first kappa shape index (κ1) is 12.5. The van der Waals surface area contributed by atoms with Crippen LogP contribution in [0, 0.1) is 0 Å². The molecule has 0 amide bonds. The van der Waals surface area contributed by atoms with Gasteiger partial charge in [-0.2, -0.15) is 0 Å². The van der Waals surface area contributed by atoms with Gasteiger partial charge in [0.1, 0.15) is 12.1 Å². The van der Waals surface area contributed by atoms with Gasteiger partial charge in [0.15, 0.2) is 0 Å². The van der Waals surface area contributed by atoms with Crippen LogP contribution in [-0.4, -0.2) is 16.6 Å². The Hall–Kier alpha value is -1.94. The maximum atomic E-state index is 6.15. The molecule has 0 spiro atoms. The van der Waals surface area contributed by atoms with Crippen LogP contribution in [0.4, 0.5) is 0 Å². The lowest BCUT2D eigenvalue weighted by Crippen LogP contribution is -2.12. The highest BCUT2D eigenvalue weighted by Gasteiger charge is 2.09. The van der Waals surface area contributed by atoms with Crippen molar-refractivity contribution >= 4 is 0 Å². The zero-order chi connectivity index (χ0) is 12.8. The fraction of sp³-hybridized carbons (Fsp3) is 0.286. The van der Waals surface area contributed by atoms with Crippen molar-refractivity contribution in [2.45, 2.75) is 19.4 Å². The average Bonchev–Trinajstić information content (AvgIpc) is 2.46. The Morgan fingerprint density at radius 1 is 1.11 bits per heavy atom. The summed E-state index contributed by atoms with van der Waals surface area (Å²) >= 11 is 0. The molecule has 2 rings (SSSR count). The molecule has 18 heavy (non-hydrogen) atoms. The van der Waals surface area contributed by atoms with Crippen LogP contribution in [0.1, 0.15) is 30.5 Å². The topological polar surface area (TPSA) is 61.0 Å². The predicted molar refractivity (Wildman–Crippen MR) is 70.3 cm³/mol. The molecule has 0 aliphatic heterocycles. The third-order valence-corrected chi connectivity index (χ3v) is 2.65. The van der Waals surface area contributed by atoms with Gasteiger partial charge < -0.3 is 10.5 Å². The molecule has 0 aliphatic carbocycles. The lowest BCUT2D eigenvalue weighted by molar-refractivity contribution is 0.317. The molecule has 0 bridgehead atoms. The molecule has 1 unspecified atom stereocenters. The molecule has 0 fully saturated rings. The summed E-state index contributed by atoms with van der Waals surface area (Å²) in [5.41, 5.74) is 8.07. The molecule has 1 aromatic heterocycles. The van der Waals surface area contributed by atoms with Crippen molar-refractivity contribution in [2.75, 3.05) is 6.61 Å². The van der Waals surface area contributed by atoms with E-state index in [0.29, 0.717) is 0 Å². The number of hydrogen-bond acceptors (Lipinski definition) is 4. The zero-order valence-corrected chi connectivity index (χ0v) is 10.4. The highest BCUT2D eigenvalue weighted by molar-refractivity contribution is 5.33. The Kier molecular flexibility index (Phi) is 4.25. The molecular formula is C14H17N3O. The first-order valence-electron chi connectivity index (χ1n) is 6.04. The van der Waals surface area contributed by atoms with Gasteiger partial charge in [0.25, 0.3) is 0 Å². The van der Waals surface area contributed by atoms with E-state index < -0.39 is 0 Å². The minimum absolute atomic E-state index is 0.202. The number of benzene rings is 1. The van der Waals surface area contributed by atoms with Gasteiger partial charge in [-0.05, 0) is 24.1 Å². The molecule has 94 valence electrons. The maximum absolute atomic E-state index is 6.15. The van der Waals surface area contributed by atoms with Crippen LogP contribution in [0.5, 0.6) is 5.75 Å². The van der Waals surface area contributed by atoms with Gasteiger partial charge in [-0.25, -0.2) is 9.97 Å². The third kappa shape index (κ3) is 3.05. The van der Waals surface area contributed by atoms with Crippen LogP contribution in [0.2, 0.25) is 0 Å². The third-order valence-electron chi connectivity index (χ3n) is 2.65. The molecule has 2 N–H and O–H groups in total. The van der Waals surface area contributed by atoms with Gasteiger partial charge >= 0.3 is 0 Å². The van der Waals surface area contributed by atoms with Crippen LogP contribution < -0.4 is 10.5 Å². The predicted octanol–water partition coefficient (Wildman–Crippen LogP) is 2.31. The van der Waals surface area contributed by atoms with Gasteiger partial charge in [0.05, 0.1) is 12.6 Å². The smallest absolute Gasteiger partial charge is 0.119 e. The van der Waals surface area contributed by atoms with Crippen molar-refractivity contribution in [3.8, 4) is 5.75 Å². The van der Waals surface area contributed by atoms with Crippen LogP contribution in [0.25, 0.3) is 0 Å². The number of ether oxygens (including phenoxy) is 1. The van der Waals surface area contributed by atoms with E-state index in [9.17, 15) is 0 Å². The Balaban J connectivity index is 2.09. The van der Waals surface area contributed by atoms with E-state index in [0.717, 1.165) is 29.9 Å². The van der Waals surface area contributed by atoms with Crippen molar-refractivity contribution in [1.82, 2.24) is 9.97 Å². The summed E-state index contributed by atoms with van der Waals surface area (Å²) in [5, 5.41) is 0. The highest BCUT2D eigenvalue weighted by Crippen LogP contribution is 2.21. The molecule has 4 nitrogen and oxygen atoms in total. The van der Waals surface area contributed by atoms with Gasteiger partial charge in [-0.1, -0.05) is 19.1 Å². The number of aromatic nitrogens is 2. The first-order valence-corrected chi connectivity index (χ1v) is 6.04. The summed E-state index contributed by atoms with van der Waals surface area (Å²) in [4.78, 5) is 7.95. The van der Waals surface area contributed by atoms with Gasteiger partial charge in [-0.3, -0.25) is 0 Å². The van der Waals surface area contributed by atoms with E-state index in [1.165, 1.54) is 6.33 Å². The van der Waals surface area contributed by atoms with Gasteiger partial charge in [-0.15, -0.1) is 0 Å². The van der Waals surface area contributed by atoms with Gasteiger partial charge in [0.2, 0.25) is 0 Å². The molecule has 0 aliphatic rings. The van der Waals surface area contributed by atoms with E-state index in [1.807, 2.05) is 24.3 Å². The summed E-state index contributed by atoms with van der Waals surface area (Å²) in [7, 11) is 0. The van der Waals surface area contributed by atoms with E-state index in [2.05, 4.69) is 16.9 Å². The molecule has 4 heteroatoms. The first-order chi connectivity index (χ1) is 8.81. The molecule has 0 saturated carbocycles. The Morgan fingerprint density at radius 2 is 1.78 bits per heavy atom. The van der Waals surface area contributed by atoms with Crippen LogP contribution in [-0.2, 0) is 0 Å². The number of nitrogens with zero attached hydrogens (tertiary/aromatic N) is 2. The minimum Gasteiger partial charge on any atom is -0.494 e. The molecule has 1 aromatic carbocycles. The number of nitrogens with two attached hydrogens (primary N) is 1. The minimum atomic E-state index is -0.202. The van der Waals surface area contributed by atoms with Crippen LogP contribution >= 0.6 is 0 Å². The lowest BCUT2D eigenvalue weighted by atomic mass is 10.0. The van der Waals surface area contributed by atoms with Crippen LogP contribution in [0.15, 0.2) is 43.0 Å². The van der Waals surface area contributed by atoms with Crippen molar-refractivity contribution in [1.29, 1.82) is 0 Å². The Morgan fingerprint density at radius 3 is 2.39 bits per heavy atom. The van der Waals surface area contributed by atoms with Crippen molar-refractivity contribution in [2.24, 2.45) is 5.73 Å². The average molecular weight is 243 g/mol. The second-order valence-electron chi connectivity index (χ2n) is 4.07. The molecule has 2 aromatic rings. The van der Waals surface area contributed by atoms with Crippen LogP contribution in [0.3, 0.4) is 0 Å². The summed E-state index contributed by atoms with van der Waals surface area (Å²) < 4.78 is 5.53. The largest absolute Gasteiger partial charge is 0.494 e. The highest BCUT2D eigenvalue weighted by atomic mass is 16.5. The summed E-state index contributed by atoms with van der Waals surface area (Å²) in [5.74, 6) is 0.872. The molecular weight excluding hydrogens is 226 g/mol. The lowest BCUT2D eigenvalue weighted by Gasteiger charge is -2.12. The van der Waals surface area contributed by atoms with Crippen molar-refractivity contribution in [3.05, 3.63) is 54.1 Å². The normalized spacial score (nSPS) is 12.1. The maximum Gasteiger partial charge on any atom is 0.119 e. The van der Waals surface area contributed by atoms with E-state index >= 15 is 0 Å². The fourth-order valence-corrected chi connectivity index (χ4v) is 1.65. The van der Waals surface area contributed by atoms with Crippen molar-refractivity contribution in [3.63, 3.8) is 0 Å². The Labute approximate surface area is 107 Å². The number of hydrogen-bond donors (Lipinski definition) is 1. The van der Waals surface area contributed by atoms with Gasteiger partial charge in [0, 0.05) is 18.0 Å². The molecule has 1 heterocycles. The summed E-state index contributed by atoms with van der Waals surface area (Å²) in [6.45, 7) is 2.82. The summed E-state index contributed by atoms with van der Waals surface area (Å²) in [6, 6.07) is 7.63. The summed E-state index contributed by atoms with van der Waals surface area (Å²) in [6.07, 6.45) is 5.97. The standard InChI is InChI=1S/C14H17N3O/c1-2-7-18-13-5-3-11(4-6-13)14(15)12-8-16-10-17-9-12/h3-6,8-10,14H,2,7,15H2,1H3. The monoisotopic (exact) mass is 243 g/mol. The fourth-order valence-electron chi connectivity index (χ4n) is 1.65. The molecule has 1 atom stereocenters. The van der Waals surface area contributed by atoms with E-state index in [-0.39, 0.29) is 6.04 Å². The molecule has 0 saturated heterocycles. The molecule has 0 radical (unpaired) electrons. The zero-order valence-electron chi connectivity index (χ0n) is 10.4. The second-order valence-corrected chi connectivity index (χ2v) is 4.07. The van der Waals surface area contributed by atoms with E-state index in [1.54, 1.807) is 12.4 Å².